The van der Waals surface area contributed by atoms with Crippen LogP contribution in [-0.2, 0) is 4.74 Å². The van der Waals surface area contributed by atoms with Crippen LogP contribution >= 0.6 is 11.6 Å². The Hall–Kier alpha value is -1.39. The van der Waals surface area contributed by atoms with Gasteiger partial charge in [0.05, 0.1) is 36.7 Å². The molecule has 2 heterocycles. The van der Waals surface area contributed by atoms with Crippen LogP contribution in [0, 0.1) is 0 Å². The molecular formula is C13H14ClN3O. The molecule has 1 fully saturated rings. The van der Waals surface area contributed by atoms with E-state index in [0.717, 1.165) is 29.7 Å². The molecule has 4 nitrogen and oxygen atoms in total. The summed E-state index contributed by atoms with van der Waals surface area (Å²) in [5.41, 5.74) is 2.00. The van der Waals surface area contributed by atoms with Crippen molar-refractivity contribution in [1.82, 2.24) is 10.2 Å². The second-order valence-electron chi connectivity index (χ2n) is 4.32. The largest absolute Gasteiger partial charge is 0.377 e. The molecule has 0 saturated carbocycles. The molecule has 1 atom stereocenters. The summed E-state index contributed by atoms with van der Waals surface area (Å²) in [7, 11) is 0. The lowest BCUT2D eigenvalue weighted by Crippen LogP contribution is -2.46. The first-order valence-electron chi connectivity index (χ1n) is 6.01. The minimum Gasteiger partial charge on any atom is -0.377 e. The number of aromatic nitrogens is 2. The minimum atomic E-state index is 0.202. The Kier molecular flexibility index (Phi) is 3.30. The highest BCUT2D eigenvalue weighted by atomic mass is 35.5. The maximum Gasteiger partial charge on any atom is 0.0950 e. The van der Waals surface area contributed by atoms with E-state index in [4.69, 9.17) is 16.3 Å². The second kappa shape index (κ2) is 5.08. The number of alkyl halides is 1. The van der Waals surface area contributed by atoms with E-state index in [1.165, 1.54) is 0 Å². The van der Waals surface area contributed by atoms with Crippen LogP contribution in [0.5, 0.6) is 0 Å². The normalized spacial score (nSPS) is 20.3. The van der Waals surface area contributed by atoms with Crippen LogP contribution in [0.2, 0.25) is 0 Å². The topological polar surface area (TPSA) is 38.2 Å². The first kappa shape index (κ1) is 11.7. The summed E-state index contributed by atoms with van der Waals surface area (Å²) in [6.07, 6.45) is 1.81. The van der Waals surface area contributed by atoms with E-state index in [1.807, 2.05) is 24.4 Å². The van der Waals surface area contributed by atoms with Crippen LogP contribution < -0.4 is 4.90 Å². The molecule has 0 aliphatic carbocycles. The monoisotopic (exact) mass is 263 g/mol. The first-order valence-corrected chi connectivity index (χ1v) is 6.54. The number of nitrogens with zero attached hydrogens (tertiary/aromatic N) is 3. The van der Waals surface area contributed by atoms with Gasteiger partial charge >= 0.3 is 0 Å². The average Bonchev–Trinajstić information content (AvgIpc) is 2.46. The summed E-state index contributed by atoms with van der Waals surface area (Å²) in [6.45, 7) is 2.23. The van der Waals surface area contributed by atoms with Crippen molar-refractivity contribution in [2.24, 2.45) is 0 Å². The highest BCUT2D eigenvalue weighted by Gasteiger charge is 2.24. The van der Waals surface area contributed by atoms with Crippen LogP contribution in [0.15, 0.2) is 30.5 Å². The number of hydrogen-bond acceptors (Lipinski definition) is 4. The third-order valence-corrected chi connectivity index (χ3v) is 3.60. The van der Waals surface area contributed by atoms with Gasteiger partial charge in [-0.25, -0.2) is 0 Å². The maximum absolute atomic E-state index is 6.02. The number of morpholine rings is 1. The summed E-state index contributed by atoms with van der Waals surface area (Å²) in [4.78, 5) is 2.27. The third-order valence-electron chi connectivity index (χ3n) is 3.24. The number of benzene rings is 1. The molecule has 0 radical (unpaired) electrons. The lowest BCUT2D eigenvalue weighted by Gasteiger charge is -2.36. The molecule has 5 heteroatoms. The van der Waals surface area contributed by atoms with E-state index in [9.17, 15) is 0 Å². The van der Waals surface area contributed by atoms with Crippen molar-refractivity contribution < 1.29 is 4.74 Å². The van der Waals surface area contributed by atoms with Gasteiger partial charge in [-0.15, -0.1) is 11.6 Å². The van der Waals surface area contributed by atoms with Gasteiger partial charge in [-0.05, 0) is 6.07 Å². The van der Waals surface area contributed by atoms with Gasteiger partial charge in [0.25, 0.3) is 0 Å². The maximum atomic E-state index is 6.02. The Morgan fingerprint density at radius 3 is 3.17 bits per heavy atom. The van der Waals surface area contributed by atoms with E-state index in [0.29, 0.717) is 12.5 Å². The molecule has 1 aromatic heterocycles. The van der Waals surface area contributed by atoms with Crippen molar-refractivity contribution in [3.63, 3.8) is 0 Å². The number of halogens is 1. The van der Waals surface area contributed by atoms with Gasteiger partial charge in [0, 0.05) is 17.8 Å². The van der Waals surface area contributed by atoms with Crippen molar-refractivity contribution in [3.8, 4) is 0 Å². The van der Waals surface area contributed by atoms with Gasteiger partial charge in [-0.3, -0.25) is 0 Å². The van der Waals surface area contributed by atoms with Crippen molar-refractivity contribution in [3.05, 3.63) is 30.5 Å². The minimum absolute atomic E-state index is 0.202. The fourth-order valence-electron chi connectivity index (χ4n) is 2.32. The quantitative estimate of drug-likeness (QED) is 0.778. The molecule has 0 spiro atoms. The number of fused-ring (bicyclic) bond motifs is 1. The number of anilines is 1. The van der Waals surface area contributed by atoms with Crippen LogP contribution in [-0.4, -0.2) is 41.9 Å². The number of hydrogen-bond donors (Lipinski definition) is 0. The Morgan fingerprint density at radius 2 is 2.28 bits per heavy atom. The Balaban J connectivity index is 2.07. The molecule has 0 N–H and O–H groups in total. The SMILES string of the molecule is ClCC1COCCN1c1cnnc2ccccc12. The van der Waals surface area contributed by atoms with E-state index < -0.39 is 0 Å². The molecular weight excluding hydrogens is 250 g/mol. The van der Waals surface area contributed by atoms with Crippen molar-refractivity contribution in [1.29, 1.82) is 0 Å². The second-order valence-corrected chi connectivity index (χ2v) is 4.63. The predicted molar refractivity (Wildman–Crippen MR) is 72.2 cm³/mol. The lowest BCUT2D eigenvalue weighted by atomic mass is 10.1. The molecule has 0 amide bonds. The fraction of sp³-hybridized carbons (Fsp3) is 0.385. The Labute approximate surface area is 111 Å². The molecule has 1 saturated heterocycles. The molecule has 0 bridgehead atoms. The van der Waals surface area contributed by atoms with E-state index in [1.54, 1.807) is 0 Å². The molecule has 1 aliphatic rings. The molecule has 2 aromatic rings. The molecule has 1 aliphatic heterocycles. The zero-order valence-corrected chi connectivity index (χ0v) is 10.7. The average molecular weight is 264 g/mol. The predicted octanol–water partition coefficient (Wildman–Crippen LogP) is 2.07. The molecule has 18 heavy (non-hydrogen) atoms. The van der Waals surface area contributed by atoms with Crippen molar-refractivity contribution in [2.75, 3.05) is 30.5 Å². The molecule has 94 valence electrons. The van der Waals surface area contributed by atoms with Crippen LogP contribution in [0.25, 0.3) is 10.9 Å². The zero-order chi connectivity index (χ0) is 12.4. The van der Waals surface area contributed by atoms with Gasteiger partial charge < -0.3 is 9.64 Å². The Bertz CT molecular complexity index is 543. The van der Waals surface area contributed by atoms with Gasteiger partial charge in [0.1, 0.15) is 0 Å². The summed E-state index contributed by atoms with van der Waals surface area (Å²) in [5, 5.41) is 9.34. The molecule has 3 rings (SSSR count). The summed E-state index contributed by atoms with van der Waals surface area (Å²) in [6, 6.07) is 8.23. The number of rotatable bonds is 2. The first-order chi connectivity index (χ1) is 8.90. The fourth-order valence-corrected chi connectivity index (χ4v) is 2.58. The van der Waals surface area contributed by atoms with Crippen molar-refractivity contribution in [2.45, 2.75) is 6.04 Å². The van der Waals surface area contributed by atoms with Gasteiger partial charge in [0.15, 0.2) is 0 Å². The smallest absolute Gasteiger partial charge is 0.0950 e. The summed E-state index contributed by atoms with van der Waals surface area (Å²) in [5.74, 6) is 0.552. The number of ether oxygens (including phenoxy) is 1. The third kappa shape index (κ3) is 2.02. The van der Waals surface area contributed by atoms with E-state index in [-0.39, 0.29) is 6.04 Å². The van der Waals surface area contributed by atoms with Crippen LogP contribution in [0.1, 0.15) is 0 Å². The van der Waals surface area contributed by atoms with Crippen LogP contribution in [0.3, 0.4) is 0 Å². The highest BCUT2D eigenvalue weighted by Crippen LogP contribution is 2.27. The van der Waals surface area contributed by atoms with E-state index >= 15 is 0 Å². The lowest BCUT2D eigenvalue weighted by molar-refractivity contribution is 0.0999. The standard InChI is InChI=1S/C13H14ClN3O/c14-7-10-9-18-6-5-17(10)13-8-15-16-12-4-2-1-3-11(12)13/h1-4,8,10H,5-7,9H2. The zero-order valence-electron chi connectivity index (χ0n) is 9.92. The van der Waals surface area contributed by atoms with E-state index in [2.05, 4.69) is 21.2 Å². The Morgan fingerprint density at radius 1 is 1.39 bits per heavy atom. The van der Waals surface area contributed by atoms with Gasteiger partial charge in [0.2, 0.25) is 0 Å². The van der Waals surface area contributed by atoms with Gasteiger partial charge in [-0.2, -0.15) is 10.2 Å². The summed E-state index contributed by atoms with van der Waals surface area (Å²) < 4.78 is 5.47. The highest BCUT2D eigenvalue weighted by molar-refractivity contribution is 6.18. The van der Waals surface area contributed by atoms with Gasteiger partial charge in [-0.1, -0.05) is 18.2 Å². The summed E-state index contributed by atoms with van der Waals surface area (Å²) >= 11 is 6.02. The molecule has 1 aromatic carbocycles. The van der Waals surface area contributed by atoms with Crippen molar-refractivity contribution >= 4 is 28.2 Å². The molecule has 1 unspecified atom stereocenters. The van der Waals surface area contributed by atoms with Crippen LogP contribution in [0.4, 0.5) is 5.69 Å².